The Kier molecular flexibility index (Phi) is 9.31. The van der Waals surface area contributed by atoms with Crippen molar-refractivity contribution < 1.29 is 4.74 Å². The summed E-state index contributed by atoms with van der Waals surface area (Å²) in [4.78, 5) is 0. The molecule has 0 aliphatic heterocycles. The van der Waals surface area contributed by atoms with Crippen LogP contribution in [0.5, 0.6) is 5.75 Å². The summed E-state index contributed by atoms with van der Waals surface area (Å²) in [6, 6.07) is 15.4. The number of unbranched alkanes of at least 4 members (excludes halogenated alkanes) is 6. The minimum absolute atomic E-state index is 0.417. The Morgan fingerprint density at radius 3 is 2.55 bits per heavy atom. The molecule has 7 heteroatoms. The standard InChI is InChI=1S/C24H29ClN4OS/c1-2-3-4-5-6-7-11-16-30-21-15-14-20(22(25)17-21)18-26-29-23(27-28-24(29)31)19-12-9-8-10-13-19/h8-10,12-15,17-18H,2-7,11,16H2,1H3,(H,28,31)/b26-18-. The Morgan fingerprint density at radius 2 is 1.81 bits per heavy atom. The molecule has 5 nitrogen and oxygen atoms in total. The summed E-state index contributed by atoms with van der Waals surface area (Å²) in [5.74, 6) is 1.42. The summed E-state index contributed by atoms with van der Waals surface area (Å²) >= 11 is 11.8. The van der Waals surface area contributed by atoms with E-state index in [2.05, 4.69) is 22.2 Å². The number of hydrogen-bond acceptors (Lipinski definition) is 4. The van der Waals surface area contributed by atoms with E-state index in [1.807, 2.05) is 48.5 Å². The van der Waals surface area contributed by atoms with Crippen LogP contribution in [-0.2, 0) is 0 Å². The molecule has 2 aromatic carbocycles. The van der Waals surface area contributed by atoms with Crippen molar-refractivity contribution in [3.8, 4) is 17.1 Å². The predicted octanol–water partition coefficient (Wildman–Crippen LogP) is 7.27. The van der Waals surface area contributed by atoms with Gasteiger partial charge in [0, 0.05) is 11.1 Å². The van der Waals surface area contributed by atoms with Crippen LogP contribution in [0.15, 0.2) is 53.6 Å². The van der Waals surface area contributed by atoms with Crippen molar-refractivity contribution in [2.45, 2.75) is 51.9 Å². The molecule has 1 N–H and O–H groups in total. The molecule has 0 aliphatic carbocycles. The SMILES string of the molecule is CCCCCCCCCOc1ccc(/C=N\n2c(-c3ccccc3)n[nH]c2=S)c(Cl)c1. The first-order chi connectivity index (χ1) is 15.2. The van der Waals surface area contributed by atoms with E-state index >= 15 is 0 Å². The number of halogens is 1. The molecule has 0 fully saturated rings. The minimum Gasteiger partial charge on any atom is -0.494 e. The van der Waals surface area contributed by atoms with E-state index in [0.29, 0.717) is 22.2 Å². The van der Waals surface area contributed by atoms with Crippen LogP contribution in [-0.4, -0.2) is 27.7 Å². The molecular formula is C24H29ClN4OS. The largest absolute Gasteiger partial charge is 0.494 e. The van der Waals surface area contributed by atoms with E-state index in [9.17, 15) is 0 Å². The van der Waals surface area contributed by atoms with Crippen molar-refractivity contribution in [1.29, 1.82) is 0 Å². The Bertz CT molecular complexity index is 1030. The zero-order valence-electron chi connectivity index (χ0n) is 17.9. The average Bonchev–Trinajstić information content (AvgIpc) is 3.16. The fraction of sp³-hybridized carbons (Fsp3) is 0.375. The fourth-order valence-corrected chi connectivity index (χ4v) is 3.64. The highest BCUT2D eigenvalue weighted by Gasteiger charge is 2.08. The normalized spacial score (nSPS) is 11.3. The first kappa shape index (κ1) is 23.2. The molecule has 1 heterocycles. The van der Waals surface area contributed by atoms with Gasteiger partial charge in [-0.3, -0.25) is 0 Å². The van der Waals surface area contributed by atoms with E-state index in [1.165, 1.54) is 38.5 Å². The number of nitrogens with zero attached hydrogens (tertiary/aromatic N) is 3. The minimum atomic E-state index is 0.417. The van der Waals surface area contributed by atoms with Crippen LogP contribution in [0.4, 0.5) is 0 Å². The fourth-order valence-electron chi connectivity index (χ4n) is 3.24. The number of aromatic amines is 1. The zero-order chi connectivity index (χ0) is 21.9. The van der Waals surface area contributed by atoms with Crippen LogP contribution >= 0.6 is 23.8 Å². The topological polar surface area (TPSA) is 55.2 Å². The number of rotatable bonds is 12. The Morgan fingerprint density at radius 1 is 1.06 bits per heavy atom. The zero-order valence-corrected chi connectivity index (χ0v) is 19.5. The van der Waals surface area contributed by atoms with Crippen LogP contribution in [0, 0.1) is 4.77 Å². The van der Waals surface area contributed by atoms with E-state index in [0.717, 1.165) is 23.3 Å². The molecule has 0 atom stereocenters. The number of ether oxygens (including phenoxy) is 1. The maximum absolute atomic E-state index is 6.45. The van der Waals surface area contributed by atoms with E-state index in [1.54, 1.807) is 10.9 Å². The van der Waals surface area contributed by atoms with Gasteiger partial charge < -0.3 is 4.74 Å². The Labute approximate surface area is 194 Å². The van der Waals surface area contributed by atoms with Crippen molar-refractivity contribution in [3.05, 3.63) is 63.9 Å². The van der Waals surface area contributed by atoms with E-state index in [-0.39, 0.29) is 0 Å². The lowest BCUT2D eigenvalue weighted by Gasteiger charge is -2.08. The molecule has 0 spiro atoms. The molecule has 1 aromatic heterocycles. The van der Waals surface area contributed by atoms with Gasteiger partial charge >= 0.3 is 0 Å². The lowest BCUT2D eigenvalue weighted by molar-refractivity contribution is 0.304. The van der Waals surface area contributed by atoms with E-state index in [4.69, 9.17) is 28.6 Å². The lowest BCUT2D eigenvalue weighted by atomic mass is 10.1. The van der Waals surface area contributed by atoms with Crippen molar-refractivity contribution >= 4 is 30.0 Å². The van der Waals surface area contributed by atoms with Gasteiger partial charge in [0.15, 0.2) is 5.82 Å². The first-order valence-corrected chi connectivity index (χ1v) is 11.7. The van der Waals surface area contributed by atoms with Crippen molar-refractivity contribution in [2.24, 2.45) is 5.10 Å². The van der Waals surface area contributed by atoms with Crippen molar-refractivity contribution in [3.63, 3.8) is 0 Å². The predicted molar refractivity (Wildman–Crippen MR) is 131 cm³/mol. The van der Waals surface area contributed by atoms with Gasteiger partial charge in [0.1, 0.15) is 5.75 Å². The smallest absolute Gasteiger partial charge is 0.216 e. The number of nitrogens with one attached hydrogen (secondary N) is 1. The monoisotopic (exact) mass is 456 g/mol. The van der Waals surface area contributed by atoms with Crippen LogP contribution in [0.3, 0.4) is 0 Å². The second-order valence-electron chi connectivity index (χ2n) is 7.43. The molecule has 3 aromatic rings. The summed E-state index contributed by atoms with van der Waals surface area (Å²) in [5, 5.41) is 12.1. The molecule has 0 saturated heterocycles. The highest BCUT2D eigenvalue weighted by atomic mass is 35.5. The third-order valence-electron chi connectivity index (χ3n) is 4.98. The van der Waals surface area contributed by atoms with Gasteiger partial charge in [-0.2, -0.15) is 14.9 Å². The third-order valence-corrected chi connectivity index (χ3v) is 5.57. The quantitative estimate of drug-likeness (QED) is 0.177. The van der Waals surface area contributed by atoms with Gasteiger partial charge in [-0.05, 0) is 36.8 Å². The lowest BCUT2D eigenvalue weighted by Crippen LogP contribution is -1.98. The van der Waals surface area contributed by atoms with Gasteiger partial charge in [-0.1, -0.05) is 87.4 Å². The summed E-state index contributed by atoms with van der Waals surface area (Å²) < 4.78 is 7.86. The molecule has 0 saturated carbocycles. The number of benzene rings is 2. The molecule has 0 radical (unpaired) electrons. The van der Waals surface area contributed by atoms with Gasteiger partial charge in [-0.15, -0.1) is 0 Å². The van der Waals surface area contributed by atoms with E-state index < -0.39 is 0 Å². The van der Waals surface area contributed by atoms with Crippen LogP contribution in [0.2, 0.25) is 5.02 Å². The number of hydrogen-bond donors (Lipinski definition) is 1. The second kappa shape index (κ2) is 12.4. The second-order valence-corrected chi connectivity index (χ2v) is 8.22. The van der Waals surface area contributed by atoms with Gasteiger partial charge in [0.05, 0.1) is 17.8 Å². The number of H-pyrrole nitrogens is 1. The Balaban J connectivity index is 1.56. The van der Waals surface area contributed by atoms with Crippen LogP contribution in [0.25, 0.3) is 11.4 Å². The molecular weight excluding hydrogens is 428 g/mol. The third kappa shape index (κ3) is 7.04. The summed E-state index contributed by atoms with van der Waals surface area (Å²) in [7, 11) is 0. The summed E-state index contributed by atoms with van der Waals surface area (Å²) in [6.45, 7) is 2.95. The van der Waals surface area contributed by atoms with Crippen LogP contribution in [0.1, 0.15) is 57.4 Å². The first-order valence-electron chi connectivity index (χ1n) is 10.9. The van der Waals surface area contributed by atoms with Crippen molar-refractivity contribution in [1.82, 2.24) is 14.9 Å². The molecule has 0 bridgehead atoms. The maximum Gasteiger partial charge on any atom is 0.216 e. The maximum atomic E-state index is 6.45. The van der Waals surface area contributed by atoms with Crippen molar-refractivity contribution in [2.75, 3.05) is 6.61 Å². The summed E-state index contributed by atoms with van der Waals surface area (Å²) in [6.07, 6.45) is 10.5. The average molecular weight is 457 g/mol. The molecule has 164 valence electrons. The summed E-state index contributed by atoms with van der Waals surface area (Å²) in [5.41, 5.74) is 1.71. The highest BCUT2D eigenvalue weighted by Crippen LogP contribution is 2.22. The molecule has 3 rings (SSSR count). The Hall–Kier alpha value is -2.44. The molecule has 31 heavy (non-hydrogen) atoms. The van der Waals surface area contributed by atoms with Gasteiger partial charge in [0.25, 0.3) is 0 Å². The van der Waals surface area contributed by atoms with Crippen LogP contribution < -0.4 is 4.74 Å². The van der Waals surface area contributed by atoms with Gasteiger partial charge in [0.2, 0.25) is 4.77 Å². The molecule has 0 amide bonds. The highest BCUT2D eigenvalue weighted by molar-refractivity contribution is 7.71. The molecule has 0 unspecified atom stereocenters. The number of aromatic nitrogens is 3. The van der Waals surface area contributed by atoms with Gasteiger partial charge in [-0.25, -0.2) is 5.10 Å². The molecule has 0 aliphatic rings.